The number of allylic oxidation sites excluding steroid dienone is 4. The molecule has 0 saturated heterocycles. The number of aliphatic hydroxyl groups excluding tert-OH is 2. The van der Waals surface area contributed by atoms with Gasteiger partial charge in [0.2, 0.25) is 0 Å². The predicted molar refractivity (Wildman–Crippen MR) is 52.7 cm³/mol. The number of hydrogen-bond donors (Lipinski definition) is 2. The predicted octanol–water partition coefficient (Wildman–Crippen LogP) is 2.62. The van der Waals surface area contributed by atoms with Gasteiger partial charge in [-0.25, -0.2) is 0 Å². The maximum absolute atomic E-state index is 8.88. The Balaban J connectivity index is 0.000000354. The molecular formula is C9H14GaO2. The first-order valence-corrected chi connectivity index (χ1v) is 8.75. The first-order chi connectivity index (χ1) is 5.72. The van der Waals surface area contributed by atoms with E-state index in [0.717, 1.165) is 0 Å². The summed E-state index contributed by atoms with van der Waals surface area (Å²) >= 11 is 0.312. The second kappa shape index (κ2) is 7.12. The first kappa shape index (κ1) is 11.5. The van der Waals surface area contributed by atoms with Crippen LogP contribution in [-0.2, 0) is 0 Å². The molecule has 0 aromatic heterocycles. The topological polar surface area (TPSA) is 40.5 Å². The van der Waals surface area contributed by atoms with Gasteiger partial charge >= 0.3 is 28.4 Å². The zero-order chi connectivity index (χ0) is 9.40. The molecule has 1 radical (unpaired) electrons. The van der Waals surface area contributed by atoms with E-state index in [2.05, 4.69) is 11.0 Å². The molecule has 0 saturated carbocycles. The van der Waals surface area contributed by atoms with Crippen LogP contribution in [0.2, 0.25) is 11.0 Å². The summed E-state index contributed by atoms with van der Waals surface area (Å²) in [5, 5.41) is 17.7. The zero-order valence-corrected chi connectivity index (χ0v) is 9.91. The summed E-state index contributed by atoms with van der Waals surface area (Å²) in [5.74, 6) is -0.0139. The Labute approximate surface area is 81.1 Å². The van der Waals surface area contributed by atoms with Gasteiger partial charge in [-0.1, -0.05) is 18.2 Å². The average molecular weight is 224 g/mol. The summed E-state index contributed by atoms with van der Waals surface area (Å²) in [6.07, 6.45) is 7.10. The number of rotatable bonds is 0. The van der Waals surface area contributed by atoms with Crippen molar-refractivity contribution in [3.05, 3.63) is 35.8 Å². The van der Waals surface area contributed by atoms with Crippen molar-refractivity contribution in [2.24, 2.45) is 0 Å². The molecule has 65 valence electrons. The van der Waals surface area contributed by atoms with Gasteiger partial charge < -0.3 is 10.2 Å². The molecular weight excluding hydrogens is 210 g/mol. The molecule has 2 nitrogen and oxygen atoms in total. The zero-order valence-electron chi connectivity index (χ0n) is 7.49. The Bertz CT molecular complexity index is 205. The standard InChI is InChI=1S/C7H8O2.2CH3.Ga/c8-6-4-2-1-3-5-7(6)9;;;/h1-4,8-9H,5H2;2*1H3;. The summed E-state index contributed by atoms with van der Waals surface area (Å²) < 4.78 is 0. The van der Waals surface area contributed by atoms with Gasteiger partial charge in [0.1, 0.15) is 5.76 Å². The van der Waals surface area contributed by atoms with Crippen molar-refractivity contribution in [1.29, 1.82) is 0 Å². The van der Waals surface area contributed by atoms with Crippen LogP contribution in [0.5, 0.6) is 0 Å². The van der Waals surface area contributed by atoms with Crippen LogP contribution in [-0.4, -0.2) is 27.6 Å². The maximum atomic E-state index is 8.88. The van der Waals surface area contributed by atoms with Gasteiger partial charge in [-0.2, -0.15) is 0 Å². The Kier molecular flexibility index (Phi) is 6.80. The molecule has 1 aliphatic rings. The van der Waals surface area contributed by atoms with Crippen LogP contribution in [0.15, 0.2) is 35.8 Å². The van der Waals surface area contributed by atoms with Crippen LogP contribution in [0.3, 0.4) is 0 Å². The third kappa shape index (κ3) is 5.15. The van der Waals surface area contributed by atoms with Crippen molar-refractivity contribution in [3.63, 3.8) is 0 Å². The third-order valence-corrected chi connectivity index (χ3v) is 1.11. The van der Waals surface area contributed by atoms with Gasteiger partial charge in [0, 0.05) is 6.42 Å². The Morgan fingerprint density at radius 2 is 1.83 bits per heavy atom. The van der Waals surface area contributed by atoms with Gasteiger partial charge in [0.25, 0.3) is 0 Å². The van der Waals surface area contributed by atoms with Crippen LogP contribution in [0.1, 0.15) is 6.42 Å². The van der Waals surface area contributed by atoms with Crippen molar-refractivity contribution < 1.29 is 10.2 Å². The fourth-order valence-electron chi connectivity index (χ4n) is 0.606. The SMILES string of the molecule is OC1=C(O)CC=CC=C1.[CH3][Ga][CH3]. The number of aliphatic hydroxyl groups is 2. The molecule has 3 heteroatoms. The van der Waals surface area contributed by atoms with Crippen molar-refractivity contribution in [3.8, 4) is 0 Å². The quantitative estimate of drug-likeness (QED) is 0.620. The average Bonchev–Trinajstić information content (AvgIpc) is 2.19. The van der Waals surface area contributed by atoms with Crippen molar-refractivity contribution in [2.75, 3.05) is 0 Å². The van der Waals surface area contributed by atoms with E-state index in [-0.39, 0.29) is 11.5 Å². The molecule has 0 bridgehead atoms. The van der Waals surface area contributed by atoms with Crippen LogP contribution in [0.4, 0.5) is 0 Å². The first-order valence-electron chi connectivity index (χ1n) is 3.90. The Morgan fingerprint density at radius 3 is 2.42 bits per heavy atom. The molecule has 1 aliphatic carbocycles. The summed E-state index contributed by atoms with van der Waals surface area (Å²) in [4.78, 5) is 0. The molecule has 2 N–H and O–H groups in total. The minimum atomic E-state index is -0.0417. The van der Waals surface area contributed by atoms with Crippen molar-refractivity contribution in [1.82, 2.24) is 0 Å². The normalized spacial score (nSPS) is 14.8. The van der Waals surface area contributed by atoms with Crippen LogP contribution in [0, 0.1) is 0 Å². The Hall–Kier alpha value is -0.544. The summed E-state index contributed by atoms with van der Waals surface area (Å²) in [5.41, 5.74) is 4.56. The molecule has 0 aliphatic heterocycles. The second-order valence-corrected chi connectivity index (χ2v) is 4.82. The molecule has 0 aromatic rings. The van der Waals surface area contributed by atoms with E-state index >= 15 is 0 Å². The molecule has 0 fully saturated rings. The van der Waals surface area contributed by atoms with Gasteiger partial charge in [-0.3, -0.25) is 0 Å². The molecule has 0 unspecified atom stereocenters. The van der Waals surface area contributed by atoms with Gasteiger partial charge in [0.15, 0.2) is 5.76 Å². The number of hydrogen-bond acceptors (Lipinski definition) is 2. The molecule has 0 amide bonds. The summed E-state index contributed by atoms with van der Waals surface area (Å²) in [6.45, 7) is 0. The molecule has 0 aromatic carbocycles. The molecule has 1 rings (SSSR count). The van der Waals surface area contributed by atoms with E-state index in [9.17, 15) is 0 Å². The van der Waals surface area contributed by atoms with Crippen LogP contribution < -0.4 is 0 Å². The van der Waals surface area contributed by atoms with E-state index in [1.807, 2.05) is 0 Å². The third-order valence-electron chi connectivity index (χ3n) is 1.11. The molecule has 12 heavy (non-hydrogen) atoms. The molecule has 0 heterocycles. The van der Waals surface area contributed by atoms with Gasteiger partial charge in [-0.15, -0.1) is 0 Å². The van der Waals surface area contributed by atoms with Crippen molar-refractivity contribution >= 4 is 17.4 Å². The van der Waals surface area contributed by atoms with E-state index < -0.39 is 0 Å². The van der Waals surface area contributed by atoms with Gasteiger partial charge in [0.05, 0.1) is 0 Å². The van der Waals surface area contributed by atoms with E-state index in [4.69, 9.17) is 10.2 Å². The van der Waals surface area contributed by atoms with E-state index in [1.165, 1.54) is 6.08 Å². The molecule has 0 atom stereocenters. The second-order valence-electron chi connectivity index (χ2n) is 2.40. The fourth-order valence-corrected chi connectivity index (χ4v) is 0.606. The van der Waals surface area contributed by atoms with Crippen LogP contribution in [0.25, 0.3) is 0 Å². The van der Waals surface area contributed by atoms with E-state index in [1.54, 1.807) is 18.2 Å². The minimum absolute atomic E-state index is 0.0278. The van der Waals surface area contributed by atoms with Gasteiger partial charge in [-0.05, 0) is 6.08 Å². The monoisotopic (exact) mass is 223 g/mol. The fraction of sp³-hybridized carbons (Fsp3) is 0.333. The summed E-state index contributed by atoms with van der Waals surface area (Å²) in [6, 6.07) is 0. The van der Waals surface area contributed by atoms with Crippen molar-refractivity contribution in [2.45, 2.75) is 17.4 Å². The van der Waals surface area contributed by atoms with Crippen LogP contribution >= 0.6 is 0 Å². The molecule has 0 spiro atoms. The van der Waals surface area contributed by atoms with E-state index in [0.29, 0.717) is 23.8 Å². The Morgan fingerprint density at radius 1 is 1.25 bits per heavy atom. The summed E-state index contributed by atoms with van der Waals surface area (Å²) in [7, 11) is 0.